The van der Waals surface area contributed by atoms with E-state index < -0.39 is 9.05 Å². The molecule has 0 bridgehead atoms. The molecule has 5 nitrogen and oxygen atoms in total. The minimum absolute atomic E-state index is 0.0523. The van der Waals surface area contributed by atoms with Crippen molar-refractivity contribution in [2.24, 2.45) is 0 Å². The molecule has 0 aliphatic carbocycles. The van der Waals surface area contributed by atoms with Crippen LogP contribution in [0.5, 0.6) is 0 Å². The normalized spacial score (nSPS) is 19.2. The zero-order valence-corrected chi connectivity index (χ0v) is 8.53. The summed E-state index contributed by atoms with van der Waals surface area (Å²) in [5.41, 5.74) is 0. The fraction of sp³-hybridized carbons (Fsp3) is 1.00. The van der Waals surface area contributed by atoms with E-state index in [9.17, 15) is 0 Å². The van der Waals surface area contributed by atoms with Gasteiger partial charge < -0.3 is 22.4 Å². The quantitative estimate of drug-likeness (QED) is 0.566. The number of rotatable bonds is 5. The van der Waals surface area contributed by atoms with E-state index >= 15 is 0 Å². The molecular formula is C6H14O5Si. The fourth-order valence-corrected chi connectivity index (χ4v) is 2.21. The van der Waals surface area contributed by atoms with E-state index in [-0.39, 0.29) is 6.10 Å². The highest BCUT2D eigenvalue weighted by Crippen LogP contribution is 2.15. The summed E-state index contributed by atoms with van der Waals surface area (Å²) < 4.78 is 25.6. The van der Waals surface area contributed by atoms with Gasteiger partial charge in [-0.25, -0.2) is 0 Å². The summed E-state index contributed by atoms with van der Waals surface area (Å²) in [7, 11) is 1.71. The van der Waals surface area contributed by atoms with Crippen LogP contribution in [-0.2, 0) is 22.4 Å². The average molecular weight is 194 g/mol. The van der Waals surface area contributed by atoms with Crippen LogP contribution in [0.25, 0.3) is 0 Å². The van der Waals surface area contributed by atoms with E-state index in [0.717, 1.165) is 0 Å². The van der Waals surface area contributed by atoms with E-state index in [1.807, 2.05) is 0 Å². The molecule has 1 fully saturated rings. The first-order valence-electron chi connectivity index (χ1n) is 3.67. The Morgan fingerprint density at radius 2 is 1.58 bits per heavy atom. The molecule has 1 aliphatic rings. The first-order chi connectivity index (χ1) is 5.76. The van der Waals surface area contributed by atoms with Crippen LogP contribution < -0.4 is 0 Å². The Labute approximate surface area is 73.0 Å². The van der Waals surface area contributed by atoms with Gasteiger partial charge in [0.05, 0.1) is 19.3 Å². The van der Waals surface area contributed by atoms with Crippen molar-refractivity contribution in [2.45, 2.75) is 6.10 Å². The van der Waals surface area contributed by atoms with Gasteiger partial charge in [-0.2, -0.15) is 0 Å². The van der Waals surface area contributed by atoms with Crippen LogP contribution in [0.3, 0.4) is 0 Å². The van der Waals surface area contributed by atoms with Gasteiger partial charge in [-0.3, -0.25) is 0 Å². The zero-order chi connectivity index (χ0) is 9.03. The van der Waals surface area contributed by atoms with Crippen LogP contribution in [0.4, 0.5) is 0 Å². The van der Waals surface area contributed by atoms with Gasteiger partial charge in [0.15, 0.2) is 0 Å². The second kappa shape index (κ2) is 4.31. The molecule has 0 atom stereocenters. The molecule has 0 amide bonds. The van der Waals surface area contributed by atoms with Crippen molar-refractivity contribution < 1.29 is 22.4 Å². The van der Waals surface area contributed by atoms with Gasteiger partial charge in [-0.1, -0.05) is 0 Å². The molecule has 0 aromatic heterocycles. The molecule has 1 heterocycles. The molecule has 0 unspecified atom stereocenters. The standard InChI is InChI=1S/C6H14O5Si/c1-7-12(8-2,9-3)11-6-4-10-5-6/h6H,4-5H2,1-3H3. The Morgan fingerprint density at radius 3 is 1.83 bits per heavy atom. The van der Waals surface area contributed by atoms with E-state index in [2.05, 4.69) is 0 Å². The summed E-state index contributed by atoms with van der Waals surface area (Å²) in [4.78, 5) is 0. The molecule has 0 saturated carbocycles. The van der Waals surface area contributed by atoms with Crippen LogP contribution >= 0.6 is 0 Å². The lowest BCUT2D eigenvalue weighted by atomic mass is 10.3. The Hall–Kier alpha value is 0.0169. The Kier molecular flexibility index (Phi) is 3.63. The second-order valence-electron chi connectivity index (χ2n) is 2.39. The molecule has 0 N–H and O–H groups in total. The molecule has 1 aliphatic heterocycles. The first kappa shape index (κ1) is 10.1. The maximum atomic E-state index is 5.47. The lowest BCUT2D eigenvalue weighted by Gasteiger charge is -2.32. The van der Waals surface area contributed by atoms with Gasteiger partial charge in [-0.15, -0.1) is 0 Å². The van der Waals surface area contributed by atoms with Crippen LogP contribution in [0.2, 0.25) is 0 Å². The largest absolute Gasteiger partial charge is 0.679 e. The van der Waals surface area contributed by atoms with Crippen molar-refractivity contribution in [3.63, 3.8) is 0 Å². The zero-order valence-electron chi connectivity index (χ0n) is 7.53. The third kappa shape index (κ3) is 2.03. The molecule has 0 spiro atoms. The van der Waals surface area contributed by atoms with Crippen LogP contribution in [-0.4, -0.2) is 49.7 Å². The molecule has 12 heavy (non-hydrogen) atoms. The molecule has 1 rings (SSSR count). The molecule has 72 valence electrons. The van der Waals surface area contributed by atoms with E-state index in [1.165, 1.54) is 21.3 Å². The van der Waals surface area contributed by atoms with Crippen molar-refractivity contribution in [1.82, 2.24) is 0 Å². The van der Waals surface area contributed by atoms with Crippen LogP contribution in [0.1, 0.15) is 0 Å². The number of ether oxygens (including phenoxy) is 1. The topological polar surface area (TPSA) is 46.2 Å². The lowest BCUT2D eigenvalue weighted by Crippen LogP contribution is -2.53. The first-order valence-corrected chi connectivity index (χ1v) is 5.30. The number of hydrogen-bond donors (Lipinski definition) is 0. The van der Waals surface area contributed by atoms with Gasteiger partial charge >= 0.3 is 9.05 Å². The van der Waals surface area contributed by atoms with Gasteiger partial charge in [0.2, 0.25) is 0 Å². The van der Waals surface area contributed by atoms with E-state index in [1.54, 1.807) is 0 Å². The van der Waals surface area contributed by atoms with Gasteiger partial charge in [-0.05, 0) is 0 Å². The minimum atomic E-state index is -2.83. The fourth-order valence-electron chi connectivity index (χ4n) is 0.881. The highest BCUT2D eigenvalue weighted by Gasteiger charge is 2.46. The van der Waals surface area contributed by atoms with Crippen molar-refractivity contribution in [3.05, 3.63) is 0 Å². The van der Waals surface area contributed by atoms with E-state index in [0.29, 0.717) is 13.2 Å². The summed E-state index contributed by atoms with van der Waals surface area (Å²) in [5.74, 6) is 0. The maximum absolute atomic E-state index is 5.47. The molecular weight excluding hydrogens is 180 g/mol. The minimum Gasteiger partial charge on any atom is -0.376 e. The third-order valence-electron chi connectivity index (χ3n) is 1.67. The summed E-state index contributed by atoms with van der Waals surface area (Å²) in [6, 6.07) is 0. The Bertz CT molecular complexity index is 126. The molecule has 1 saturated heterocycles. The molecule has 0 aromatic rings. The highest BCUT2D eigenvalue weighted by atomic mass is 28.4. The molecule has 0 aromatic carbocycles. The lowest BCUT2D eigenvalue weighted by molar-refractivity contribution is -0.129. The summed E-state index contributed by atoms with van der Waals surface area (Å²) in [6.45, 7) is 1.18. The number of hydrogen-bond acceptors (Lipinski definition) is 5. The Morgan fingerprint density at radius 1 is 1.08 bits per heavy atom. The van der Waals surface area contributed by atoms with Crippen molar-refractivity contribution in [2.75, 3.05) is 34.5 Å². The third-order valence-corrected chi connectivity index (χ3v) is 3.79. The summed E-state index contributed by atoms with van der Waals surface area (Å²) >= 11 is 0. The summed E-state index contributed by atoms with van der Waals surface area (Å²) in [5, 5.41) is 0. The predicted octanol–water partition coefficient (Wildman–Crippen LogP) is -0.223. The highest BCUT2D eigenvalue weighted by molar-refractivity contribution is 6.53. The molecule has 6 heteroatoms. The maximum Gasteiger partial charge on any atom is 0.679 e. The van der Waals surface area contributed by atoms with Crippen LogP contribution in [0, 0.1) is 0 Å². The molecule has 0 radical (unpaired) electrons. The van der Waals surface area contributed by atoms with Crippen molar-refractivity contribution >= 4 is 9.05 Å². The van der Waals surface area contributed by atoms with Crippen molar-refractivity contribution in [1.29, 1.82) is 0 Å². The monoisotopic (exact) mass is 194 g/mol. The van der Waals surface area contributed by atoms with Gasteiger partial charge in [0.1, 0.15) is 0 Å². The summed E-state index contributed by atoms with van der Waals surface area (Å²) in [6.07, 6.45) is 0.0523. The van der Waals surface area contributed by atoms with Crippen molar-refractivity contribution in [3.8, 4) is 0 Å². The average Bonchev–Trinajstić information content (AvgIpc) is 2.05. The SMILES string of the molecule is CO[Si](OC)(OC)OC1COC1. The van der Waals surface area contributed by atoms with Gasteiger partial charge in [0, 0.05) is 21.3 Å². The predicted molar refractivity (Wildman–Crippen MR) is 42.5 cm³/mol. The van der Waals surface area contributed by atoms with Gasteiger partial charge in [0.25, 0.3) is 0 Å². The Balaban J connectivity index is 2.39. The van der Waals surface area contributed by atoms with Crippen LogP contribution in [0.15, 0.2) is 0 Å². The van der Waals surface area contributed by atoms with E-state index in [4.69, 9.17) is 22.4 Å². The second-order valence-corrected chi connectivity index (χ2v) is 4.85. The smallest absolute Gasteiger partial charge is 0.376 e.